The Kier molecular flexibility index (Phi) is 4.65. The van der Waals surface area contributed by atoms with Crippen molar-refractivity contribution < 1.29 is 9.18 Å². The van der Waals surface area contributed by atoms with Crippen molar-refractivity contribution in [2.45, 2.75) is 13.0 Å². The minimum absolute atomic E-state index is 0.151. The maximum absolute atomic E-state index is 13.7. The lowest BCUT2D eigenvalue weighted by Crippen LogP contribution is -2.19. The van der Waals surface area contributed by atoms with E-state index in [-0.39, 0.29) is 11.7 Å². The van der Waals surface area contributed by atoms with Gasteiger partial charge >= 0.3 is 6.03 Å². The number of hydrogen-bond acceptors (Lipinski definition) is 2. The first-order valence-corrected chi connectivity index (χ1v) is 6.72. The van der Waals surface area contributed by atoms with Gasteiger partial charge in [-0.05, 0) is 36.8 Å². The Morgan fingerprint density at radius 2 is 1.90 bits per heavy atom. The molecule has 2 aromatic carbocycles. The largest absolute Gasteiger partial charge is 0.375 e. The molecule has 4 nitrogen and oxygen atoms in total. The molecule has 2 amide bonds. The number of hydrogen-bond donors (Lipinski definition) is 3. The third-order valence-corrected chi connectivity index (χ3v) is 3.32. The smallest absolute Gasteiger partial charge is 0.316 e. The fourth-order valence-corrected chi connectivity index (χ4v) is 2.15. The van der Waals surface area contributed by atoms with Gasteiger partial charge in [-0.1, -0.05) is 29.8 Å². The lowest BCUT2D eigenvalue weighted by molar-refractivity contribution is 0.259. The monoisotopic (exact) mass is 307 g/mol. The molecule has 0 aliphatic heterocycles. The number of rotatable bonds is 4. The molecule has 0 aliphatic carbocycles. The van der Waals surface area contributed by atoms with E-state index in [1.165, 1.54) is 6.07 Å². The summed E-state index contributed by atoms with van der Waals surface area (Å²) in [6, 6.07) is 10.8. The summed E-state index contributed by atoms with van der Waals surface area (Å²) in [5, 5.41) is 5.84. The summed E-state index contributed by atoms with van der Waals surface area (Å²) in [6.45, 7) is 1.89. The van der Waals surface area contributed by atoms with E-state index in [4.69, 9.17) is 17.3 Å². The number of nitrogens with one attached hydrogen (secondary N) is 2. The molecule has 0 fully saturated rings. The van der Waals surface area contributed by atoms with Crippen molar-refractivity contribution in [2.75, 3.05) is 10.6 Å². The highest BCUT2D eigenvalue weighted by Gasteiger charge is 2.11. The van der Waals surface area contributed by atoms with E-state index in [1.54, 1.807) is 24.3 Å². The van der Waals surface area contributed by atoms with E-state index in [1.807, 2.05) is 19.1 Å². The SMILES string of the molecule is CC(Nc1c(F)cccc1Cl)c1ccc(NC(N)=O)cc1. The molecular weight excluding hydrogens is 293 g/mol. The Morgan fingerprint density at radius 1 is 1.24 bits per heavy atom. The first-order chi connectivity index (χ1) is 9.97. The van der Waals surface area contributed by atoms with Gasteiger partial charge in [-0.2, -0.15) is 0 Å². The van der Waals surface area contributed by atoms with Crippen LogP contribution in [0.5, 0.6) is 0 Å². The predicted molar refractivity (Wildman–Crippen MR) is 83.1 cm³/mol. The molecule has 6 heteroatoms. The molecule has 2 aromatic rings. The summed E-state index contributed by atoms with van der Waals surface area (Å²) in [7, 11) is 0. The van der Waals surface area contributed by atoms with Gasteiger partial charge in [0.1, 0.15) is 5.82 Å². The van der Waals surface area contributed by atoms with Crippen molar-refractivity contribution in [2.24, 2.45) is 5.73 Å². The summed E-state index contributed by atoms with van der Waals surface area (Å²) >= 11 is 5.98. The molecule has 0 spiro atoms. The third kappa shape index (κ3) is 3.86. The molecule has 0 radical (unpaired) electrons. The van der Waals surface area contributed by atoms with Crippen LogP contribution in [0, 0.1) is 5.82 Å². The minimum Gasteiger partial charge on any atom is -0.375 e. The molecule has 1 unspecified atom stereocenters. The van der Waals surface area contributed by atoms with Crippen molar-refractivity contribution in [1.29, 1.82) is 0 Å². The van der Waals surface area contributed by atoms with Crippen molar-refractivity contribution in [1.82, 2.24) is 0 Å². The molecule has 2 rings (SSSR count). The van der Waals surface area contributed by atoms with Crippen molar-refractivity contribution in [3.63, 3.8) is 0 Å². The Bertz CT molecular complexity index is 626. The van der Waals surface area contributed by atoms with Crippen LogP contribution in [0.3, 0.4) is 0 Å². The average Bonchev–Trinajstić information content (AvgIpc) is 2.43. The van der Waals surface area contributed by atoms with E-state index in [0.717, 1.165) is 5.56 Å². The number of urea groups is 1. The van der Waals surface area contributed by atoms with Gasteiger partial charge in [0.25, 0.3) is 0 Å². The van der Waals surface area contributed by atoms with Crippen LogP contribution in [0.25, 0.3) is 0 Å². The minimum atomic E-state index is -0.618. The molecule has 1 atom stereocenters. The van der Waals surface area contributed by atoms with Crippen LogP contribution in [0.1, 0.15) is 18.5 Å². The average molecular weight is 308 g/mol. The molecule has 4 N–H and O–H groups in total. The molecule has 0 aliphatic rings. The van der Waals surface area contributed by atoms with Gasteiger partial charge in [-0.3, -0.25) is 0 Å². The highest BCUT2D eigenvalue weighted by molar-refractivity contribution is 6.33. The summed E-state index contributed by atoms with van der Waals surface area (Å²) in [5.74, 6) is -0.402. The molecule has 0 bridgehead atoms. The zero-order valence-electron chi connectivity index (χ0n) is 11.4. The van der Waals surface area contributed by atoms with Crippen molar-refractivity contribution in [3.8, 4) is 0 Å². The number of carbonyl (C=O) groups excluding carboxylic acids is 1. The molecule has 21 heavy (non-hydrogen) atoms. The number of anilines is 2. The molecule has 0 saturated carbocycles. The Labute approximate surface area is 127 Å². The quantitative estimate of drug-likeness (QED) is 0.794. The first-order valence-electron chi connectivity index (χ1n) is 6.34. The number of para-hydroxylation sites is 1. The zero-order chi connectivity index (χ0) is 15.4. The number of carbonyl (C=O) groups is 1. The van der Waals surface area contributed by atoms with E-state index >= 15 is 0 Å². The number of primary amides is 1. The van der Waals surface area contributed by atoms with Crippen LogP contribution in [0.4, 0.5) is 20.6 Å². The van der Waals surface area contributed by atoms with Crippen molar-refractivity contribution >= 4 is 29.0 Å². The highest BCUT2D eigenvalue weighted by atomic mass is 35.5. The standard InChI is InChI=1S/C15H15ClFN3O/c1-9(19-14-12(16)3-2-4-13(14)17)10-5-7-11(8-6-10)20-15(18)21/h2-9,19H,1H3,(H3,18,20,21). The van der Waals surface area contributed by atoms with Gasteiger partial charge in [-0.25, -0.2) is 9.18 Å². The zero-order valence-corrected chi connectivity index (χ0v) is 12.1. The van der Waals surface area contributed by atoms with Crippen LogP contribution in [0.2, 0.25) is 5.02 Å². The lowest BCUT2D eigenvalue weighted by Gasteiger charge is -2.17. The highest BCUT2D eigenvalue weighted by Crippen LogP contribution is 2.29. The van der Waals surface area contributed by atoms with Crippen LogP contribution in [-0.2, 0) is 0 Å². The fourth-order valence-electron chi connectivity index (χ4n) is 1.93. The van der Waals surface area contributed by atoms with Crippen LogP contribution < -0.4 is 16.4 Å². The Hall–Kier alpha value is -2.27. The molecule has 0 aromatic heterocycles. The second-order valence-corrected chi connectivity index (χ2v) is 4.98. The summed E-state index contributed by atoms with van der Waals surface area (Å²) in [6.07, 6.45) is 0. The molecular formula is C15H15ClFN3O. The van der Waals surface area contributed by atoms with Crippen LogP contribution >= 0.6 is 11.6 Å². The number of nitrogens with two attached hydrogens (primary N) is 1. The number of halogens is 2. The number of amides is 2. The predicted octanol–water partition coefficient (Wildman–Crippen LogP) is 4.14. The van der Waals surface area contributed by atoms with Gasteiger partial charge in [-0.15, -0.1) is 0 Å². The topological polar surface area (TPSA) is 67.2 Å². The van der Waals surface area contributed by atoms with E-state index in [2.05, 4.69) is 10.6 Å². The fraction of sp³-hybridized carbons (Fsp3) is 0.133. The maximum atomic E-state index is 13.7. The van der Waals surface area contributed by atoms with Gasteiger partial charge in [0.05, 0.1) is 10.7 Å². The first kappa shape index (κ1) is 15.1. The van der Waals surface area contributed by atoms with E-state index in [9.17, 15) is 9.18 Å². The molecule has 0 heterocycles. The van der Waals surface area contributed by atoms with E-state index in [0.29, 0.717) is 10.7 Å². The summed E-state index contributed by atoms with van der Waals surface area (Å²) < 4.78 is 13.7. The molecule has 110 valence electrons. The summed E-state index contributed by atoms with van der Waals surface area (Å²) in [5.41, 5.74) is 6.83. The second kappa shape index (κ2) is 6.45. The third-order valence-electron chi connectivity index (χ3n) is 3.00. The van der Waals surface area contributed by atoms with Crippen LogP contribution in [-0.4, -0.2) is 6.03 Å². The maximum Gasteiger partial charge on any atom is 0.316 e. The van der Waals surface area contributed by atoms with Gasteiger partial charge in [0, 0.05) is 11.7 Å². The Balaban J connectivity index is 2.13. The normalized spacial score (nSPS) is 11.8. The van der Waals surface area contributed by atoms with Gasteiger partial charge in [0.2, 0.25) is 0 Å². The Morgan fingerprint density at radius 3 is 2.48 bits per heavy atom. The van der Waals surface area contributed by atoms with Gasteiger partial charge < -0.3 is 16.4 Å². The second-order valence-electron chi connectivity index (χ2n) is 4.57. The van der Waals surface area contributed by atoms with E-state index < -0.39 is 11.8 Å². The number of benzene rings is 2. The van der Waals surface area contributed by atoms with Crippen LogP contribution in [0.15, 0.2) is 42.5 Å². The van der Waals surface area contributed by atoms with Gasteiger partial charge in [0.15, 0.2) is 0 Å². The summed E-state index contributed by atoms with van der Waals surface area (Å²) in [4.78, 5) is 10.7. The van der Waals surface area contributed by atoms with Crippen molar-refractivity contribution in [3.05, 3.63) is 58.9 Å². The molecule has 0 saturated heterocycles. The lowest BCUT2D eigenvalue weighted by atomic mass is 10.1.